The minimum Gasteiger partial charge on any atom is -0.366 e. The molecule has 3 aromatic carbocycles. The van der Waals surface area contributed by atoms with Gasteiger partial charge in [-0.1, -0.05) is 65.5 Å². The Labute approximate surface area is 169 Å². The number of anilines is 1. The van der Waals surface area contributed by atoms with Crippen LogP contribution in [-0.2, 0) is 16.9 Å². The van der Waals surface area contributed by atoms with Crippen molar-refractivity contribution >= 4 is 23.2 Å². The van der Waals surface area contributed by atoms with Gasteiger partial charge in [-0.2, -0.15) is 0 Å². The van der Waals surface area contributed by atoms with Gasteiger partial charge in [0.25, 0.3) is 5.91 Å². The first-order chi connectivity index (χ1) is 13.5. The topological polar surface area (TPSA) is 40.5 Å². The Morgan fingerprint density at radius 3 is 2.46 bits per heavy atom. The monoisotopic (exact) mass is 387 g/mol. The molecule has 1 aliphatic rings. The van der Waals surface area contributed by atoms with Gasteiger partial charge in [0.15, 0.2) is 0 Å². The first kappa shape index (κ1) is 18.3. The molecule has 0 saturated heterocycles. The summed E-state index contributed by atoms with van der Waals surface area (Å²) in [5.41, 5.74) is 1.93. The van der Waals surface area contributed by atoms with Crippen LogP contribution in [0.3, 0.4) is 0 Å². The van der Waals surface area contributed by atoms with Crippen molar-refractivity contribution in [2.75, 3.05) is 4.90 Å². The number of aliphatic hydroxyl groups is 1. The first-order valence-electron chi connectivity index (χ1n) is 8.95. The number of hydrogen-bond acceptors (Lipinski definition) is 2. The predicted molar refractivity (Wildman–Crippen MR) is 111 cm³/mol. The molecule has 0 saturated carbocycles. The fraction of sp³-hybridized carbons (Fsp3) is 0.125. The van der Waals surface area contributed by atoms with E-state index in [9.17, 15) is 9.90 Å². The van der Waals surface area contributed by atoms with Crippen LogP contribution in [0.15, 0.2) is 72.8 Å². The number of amides is 1. The van der Waals surface area contributed by atoms with Gasteiger partial charge >= 0.3 is 0 Å². The maximum atomic E-state index is 13.2. The lowest BCUT2D eigenvalue weighted by molar-refractivity contribution is -0.130. The van der Waals surface area contributed by atoms with E-state index in [-0.39, 0.29) is 0 Å². The van der Waals surface area contributed by atoms with E-state index in [0.29, 0.717) is 22.8 Å². The maximum Gasteiger partial charge on any atom is 0.276 e. The van der Waals surface area contributed by atoms with Crippen LogP contribution in [0.4, 0.5) is 5.69 Å². The number of rotatable bonds is 2. The molecule has 0 aromatic heterocycles. The summed E-state index contributed by atoms with van der Waals surface area (Å²) in [6.45, 7) is 2.34. The van der Waals surface area contributed by atoms with Gasteiger partial charge in [-0.05, 0) is 48.7 Å². The minimum atomic E-state index is -1.93. The molecule has 3 nitrogen and oxygen atoms in total. The number of halogens is 1. The molecule has 0 bridgehead atoms. The Kier molecular flexibility index (Phi) is 4.68. The Hall–Kier alpha value is -3.06. The third-order valence-corrected chi connectivity index (χ3v) is 5.05. The molecule has 1 amide bonds. The summed E-state index contributed by atoms with van der Waals surface area (Å²) in [5.74, 6) is 5.27. The lowest BCUT2D eigenvalue weighted by Crippen LogP contribution is -2.39. The zero-order valence-corrected chi connectivity index (χ0v) is 16.1. The van der Waals surface area contributed by atoms with E-state index >= 15 is 0 Å². The van der Waals surface area contributed by atoms with Crippen molar-refractivity contribution in [2.45, 2.75) is 19.1 Å². The van der Waals surface area contributed by atoms with Gasteiger partial charge in [0.1, 0.15) is 0 Å². The number of benzene rings is 3. The summed E-state index contributed by atoms with van der Waals surface area (Å²) in [6, 6.07) is 22.3. The van der Waals surface area contributed by atoms with Crippen LogP contribution in [0.2, 0.25) is 5.02 Å². The molecular formula is C24H18ClNO2. The second-order valence-corrected chi connectivity index (χ2v) is 7.30. The normalized spacial score (nSPS) is 17.8. The smallest absolute Gasteiger partial charge is 0.276 e. The lowest BCUT2D eigenvalue weighted by atomic mass is 9.95. The number of carbonyl (C=O) groups is 1. The summed E-state index contributed by atoms with van der Waals surface area (Å²) in [5, 5.41) is 11.7. The standard InChI is InChI=1S/C24H18ClNO2/c1-17-7-9-18(10-8-17)13-14-24(28)21-15-20(25)11-12-22(21)26(23(24)27)16-19-5-3-2-4-6-19/h2-12,15,28H,16H2,1H3. The van der Waals surface area contributed by atoms with Crippen molar-refractivity contribution in [3.05, 3.63) is 100 Å². The van der Waals surface area contributed by atoms with Gasteiger partial charge in [0.2, 0.25) is 5.60 Å². The molecule has 138 valence electrons. The third kappa shape index (κ3) is 3.29. The predicted octanol–water partition coefficient (Wildman–Crippen LogP) is 4.43. The van der Waals surface area contributed by atoms with Gasteiger partial charge < -0.3 is 10.0 Å². The average molecular weight is 388 g/mol. The average Bonchev–Trinajstić information content (AvgIpc) is 2.90. The molecule has 3 aromatic rings. The molecule has 0 radical (unpaired) electrons. The molecular weight excluding hydrogens is 370 g/mol. The minimum absolute atomic E-state index is 0.350. The largest absolute Gasteiger partial charge is 0.366 e. The van der Waals surface area contributed by atoms with Crippen molar-refractivity contribution in [2.24, 2.45) is 0 Å². The Bertz CT molecular complexity index is 1100. The van der Waals surface area contributed by atoms with Gasteiger partial charge in [-0.15, -0.1) is 0 Å². The van der Waals surface area contributed by atoms with Crippen molar-refractivity contribution in [3.8, 4) is 11.8 Å². The van der Waals surface area contributed by atoms with Crippen molar-refractivity contribution < 1.29 is 9.90 Å². The molecule has 1 N–H and O–H groups in total. The summed E-state index contributed by atoms with van der Waals surface area (Å²) < 4.78 is 0. The molecule has 0 fully saturated rings. The number of carbonyl (C=O) groups excluding carboxylic acids is 1. The van der Waals surface area contributed by atoms with Crippen LogP contribution in [0.1, 0.15) is 22.3 Å². The van der Waals surface area contributed by atoms with Crippen LogP contribution in [-0.4, -0.2) is 11.0 Å². The van der Waals surface area contributed by atoms with E-state index in [1.807, 2.05) is 61.5 Å². The molecule has 0 spiro atoms. The van der Waals surface area contributed by atoms with Crippen LogP contribution in [0.5, 0.6) is 0 Å². The van der Waals surface area contributed by atoms with Crippen LogP contribution in [0, 0.1) is 18.8 Å². The first-order valence-corrected chi connectivity index (χ1v) is 9.33. The van der Waals surface area contributed by atoms with Gasteiger partial charge in [-0.3, -0.25) is 4.79 Å². The van der Waals surface area contributed by atoms with E-state index in [0.717, 1.165) is 16.7 Å². The third-order valence-electron chi connectivity index (χ3n) is 4.82. The molecule has 1 atom stereocenters. The SMILES string of the molecule is Cc1ccc(C#CC2(O)C(=O)N(Cc3ccccc3)c3ccc(Cl)cc32)cc1. The molecule has 4 heteroatoms. The molecule has 1 heterocycles. The molecule has 0 aliphatic carbocycles. The van der Waals surface area contributed by atoms with E-state index < -0.39 is 11.5 Å². The highest BCUT2D eigenvalue weighted by Gasteiger charge is 2.49. The Morgan fingerprint density at radius 1 is 1.04 bits per heavy atom. The summed E-state index contributed by atoms with van der Waals surface area (Å²) in [7, 11) is 0. The fourth-order valence-corrected chi connectivity index (χ4v) is 3.47. The Balaban J connectivity index is 1.77. The van der Waals surface area contributed by atoms with E-state index in [1.54, 1.807) is 23.1 Å². The van der Waals surface area contributed by atoms with E-state index in [2.05, 4.69) is 11.8 Å². The zero-order valence-electron chi connectivity index (χ0n) is 15.3. The Morgan fingerprint density at radius 2 is 1.75 bits per heavy atom. The molecule has 1 unspecified atom stereocenters. The molecule has 28 heavy (non-hydrogen) atoms. The van der Waals surface area contributed by atoms with Crippen molar-refractivity contribution in [1.29, 1.82) is 0 Å². The zero-order chi connectivity index (χ0) is 19.7. The summed E-state index contributed by atoms with van der Waals surface area (Å²) >= 11 is 6.15. The quantitative estimate of drug-likeness (QED) is 0.660. The van der Waals surface area contributed by atoms with Crippen molar-refractivity contribution in [1.82, 2.24) is 0 Å². The van der Waals surface area contributed by atoms with Crippen LogP contribution in [0.25, 0.3) is 0 Å². The van der Waals surface area contributed by atoms with E-state index in [1.165, 1.54) is 0 Å². The molecule has 4 rings (SSSR count). The van der Waals surface area contributed by atoms with Crippen molar-refractivity contribution in [3.63, 3.8) is 0 Å². The van der Waals surface area contributed by atoms with E-state index in [4.69, 9.17) is 11.6 Å². The summed E-state index contributed by atoms with van der Waals surface area (Å²) in [4.78, 5) is 14.8. The fourth-order valence-electron chi connectivity index (χ4n) is 3.30. The van der Waals surface area contributed by atoms with Crippen LogP contribution >= 0.6 is 11.6 Å². The number of fused-ring (bicyclic) bond motifs is 1. The highest BCUT2D eigenvalue weighted by atomic mass is 35.5. The maximum absolute atomic E-state index is 13.2. The van der Waals surface area contributed by atoms with Crippen LogP contribution < -0.4 is 4.90 Å². The summed E-state index contributed by atoms with van der Waals surface area (Å²) in [6.07, 6.45) is 0. The van der Waals surface area contributed by atoms with Gasteiger partial charge in [-0.25, -0.2) is 0 Å². The van der Waals surface area contributed by atoms with Gasteiger partial charge in [0.05, 0.1) is 12.2 Å². The molecule has 1 aliphatic heterocycles. The second-order valence-electron chi connectivity index (χ2n) is 6.86. The lowest BCUT2D eigenvalue weighted by Gasteiger charge is -2.19. The highest BCUT2D eigenvalue weighted by molar-refractivity contribution is 6.31. The van der Waals surface area contributed by atoms with Gasteiger partial charge in [0, 0.05) is 16.1 Å². The number of aryl methyl sites for hydroxylation is 1. The number of hydrogen-bond donors (Lipinski definition) is 1. The second kappa shape index (κ2) is 7.16. The highest BCUT2D eigenvalue weighted by Crippen LogP contribution is 2.42. The number of nitrogens with zero attached hydrogens (tertiary/aromatic N) is 1.